The lowest BCUT2D eigenvalue weighted by molar-refractivity contribution is 0.0624. The van der Waals surface area contributed by atoms with Crippen molar-refractivity contribution in [1.82, 2.24) is 9.80 Å². The van der Waals surface area contributed by atoms with Gasteiger partial charge in [0.1, 0.15) is 11.1 Å². The molecule has 0 saturated carbocycles. The summed E-state index contributed by atoms with van der Waals surface area (Å²) in [4.78, 5) is 29.0. The number of para-hydroxylation sites is 1. The maximum absolute atomic E-state index is 12.8. The first-order valence-corrected chi connectivity index (χ1v) is 9.76. The van der Waals surface area contributed by atoms with Crippen molar-refractivity contribution in [2.75, 3.05) is 26.2 Å². The highest BCUT2D eigenvalue weighted by Gasteiger charge is 2.25. The van der Waals surface area contributed by atoms with Crippen molar-refractivity contribution in [1.29, 1.82) is 0 Å². The highest BCUT2D eigenvalue weighted by Crippen LogP contribution is 2.26. The zero-order valence-electron chi connectivity index (χ0n) is 15.0. The van der Waals surface area contributed by atoms with E-state index in [2.05, 4.69) is 4.90 Å². The van der Waals surface area contributed by atoms with Crippen molar-refractivity contribution in [3.63, 3.8) is 0 Å². The van der Waals surface area contributed by atoms with Gasteiger partial charge < -0.3 is 9.32 Å². The van der Waals surface area contributed by atoms with Crippen LogP contribution in [0.4, 0.5) is 0 Å². The SMILES string of the molecule is O=C(c1cc2ccccc2oc1=O)N1CCN(Cc2cccc(Cl)c2Cl)CC1. The van der Waals surface area contributed by atoms with Gasteiger partial charge in [0.25, 0.3) is 5.91 Å². The van der Waals surface area contributed by atoms with Crippen LogP contribution in [0.2, 0.25) is 10.0 Å². The number of nitrogens with zero attached hydrogens (tertiary/aromatic N) is 2. The monoisotopic (exact) mass is 416 g/mol. The number of hydrogen-bond donors (Lipinski definition) is 0. The molecular formula is C21H18Cl2N2O3. The minimum Gasteiger partial charge on any atom is -0.422 e. The molecule has 3 aromatic rings. The van der Waals surface area contributed by atoms with Crippen LogP contribution >= 0.6 is 23.2 Å². The molecule has 0 bridgehead atoms. The molecule has 7 heteroatoms. The molecule has 2 aromatic carbocycles. The number of fused-ring (bicyclic) bond motifs is 1. The molecule has 1 amide bonds. The van der Waals surface area contributed by atoms with Gasteiger partial charge in [-0.15, -0.1) is 0 Å². The van der Waals surface area contributed by atoms with Gasteiger partial charge in [0.05, 0.1) is 10.0 Å². The van der Waals surface area contributed by atoms with Crippen LogP contribution in [-0.2, 0) is 6.54 Å². The van der Waals surface area contributed by atoms with Crippen molar-refractivity contribution in [2.45, 2.75) is 6.54 Å². The Morgan fingerprint density at radius 2 is 1.75 bits per heavy atom. The lowest BCUT2D eigenvalue weighted by atomic mass is 10.1. The number of carbonyl (C=O) groups is 1. The van der Waals surface area contributed by atoms with E-state index in [4.69, 9.17) is 27.6 Å². The fourth-order valence-corrected chi connectivity index (χ4v) is 3.78. The van der Waals surface area contributed by atoms with Crippen LogP contribution in [-0.4, -0.2) is 41.9 Å². The summed E-state index contributed by atoms with van der Waals surface area (Å²) in [6, 6.07) is 14.4. The van der Waals surface area contributed by atoms with Crippen LogP contribution in [0.5, 0.6) is 0 Å². The minimum atomic E-state index is -0.600. The number of benzene rings is 2. The summed E-state index contributed by atoms with van der Waals surface area (Å²) in [5, 5.41) is 1.84. The van der Waals surface area contributed by atoms with Crippen molar-refractivity contribution < 1.29 is 9.21 Å². The molecular weight excluding hydrogens is 399 g/mol. The Labute approximate surface area is 172 Å². The number of piperazine rings is 1. The summed E-state index contributed by atoms with van der Waals surface area (Å²) in [7, 11) is 0. The molecule has 5 nitrogen and oxygen atoms in total. The van der Waals surface area contributed by atoms with Gasteiger partial charge in [-0.05, 0) is 23.8 Å². The molecule has 1 aliphatic rings. The second-order valence-electron chi connectivity index (χ2n) is 6.77. The van der Waals surface area contributed by atoms with Gasteiger partial charge in [0, 0.05) is 38.1 Å². The minimum absolute atomic E-state index is 0.0741. The fourth-order valence-electron chi connectivity index (χ4n) is 3.40. The molecule has 2 heterocycles. The van der Waals surface area contributed by atoms with E-state index in [1.807, 2.05) is 24.3 Å². The molecule has 0 radical (unpaired) electrons. The van der Waals surface area contributed by atoms with Crippen LogP contribution in [0.25, 0.3) is 11.0 Å². The molecule has 4 rings (SSSR count). The average molecular weight is 417 g/mol. The molecule has 0 atom stereocenters. The van der Waals surface area contributed by atoms with E-state index in [0.717, 1.165) is 10.9 Å². The van der Waals surface area contributed by atoms with Gasteiger partial charge in [0.15, 0.2) is 0 Å². The van der Waals surface area contributed by atoms with Crippen molar-refractivity contribution in [2.24, 2.45) is 0 Å². The molecule has 28 heavy (non-hydrogen) atoms. The van der Waals surface area contributed by atoms with Crippen LogP contribution in [0.15, 0.2) is 57.7 Å². The van der Waals surface area contributed by atoms with Gasteiger partial charge in [-0.3, -0.25) is 9.69 Å². The highest BCUT2D eigenvalue weighted by atomic mass is 35.5. The molecule has 0 N–H and O–H groups in total. The van der Waals surface area contributed by atoms with E-state index < -0.39 is 5.63 Å². The third-order valence-electron chi connectivity index (χ3n) is 4.96. The second kappa shape index (κ2) is 7.95. The standard InChI is InChI=1S/C21H18Cl2N2O3/c22-17-6-3-5-15(19(17)23)13-24-8-10-25(11-9-24)20(26)16-12-14-4-1-2-7-18(14)28-21(16)27/h1-7,12H,8-11,13H2. The molecule has 1 fully saturated rings. The zero-order chi connectivity index (χ0) is 19.7. The first-order valence-electron chi connectivity index (χ1n) is 9.00. The Bertz CT molecular complexity index is 1090. The Hall–Kier alpha value is -2.34. The quantitative estimate of drug-likeness (QED) is 0.604. The fraction of sp³-hybridized carbons (Fsp3) is 0.238. The summed E-state index contributed by atoms with van der Waals surface area (Å²) in [5.41, 5.74) is 0.915. The first-order chi connectivity index (χ1) is 13.5. The number of halogens is 2. The third-order valence-corrected chi connectivity index (χ3v) is 5.81. The summed E-state index contributed by atoms with van der Waals surface area (Å²) >= 11 is 12.3. The summed E-state index contributed by atoms with van der Waals surface area (Å²) in [5.74, 6) is -0.292. The van der Waals surface area contributed by atoms with Crippen molar-refractivity contribution in [3.8, 4) is 0 Å². The Balaban J connectivity index is 1.45. The van der Waals surface area contributed by atoms with Crippen molar-refractivity contribution >= 4 is 40.1 Å². The molecule has 0 spiro atoms. The molecule has 144 valence electrons. The Morgan fingerprint density at radius 3 is 2.54 bits per heavy atom. The van der Waals surface area contributed by atoms with E-state index in [9.17, 15) is 9.59 Å². The Kier molecular flexibility index (Phi) is 5.40. The summed E-state index contributed by atoms with van der Waals surface area (Å²) < 4.78 is 5.29. The van der Waals surface area contributed by atoms with Crippen LogP contribution in [0, 0.1) is 0 Å². The topological polar surface area (TPSA) is 53.8 Å². The average Bonchev–Trinajstić information content (AvgIpc) is 2.71. The highest BCUT2D eigenvalue weighted by molar-refractivity contribution is 6.42. The Morgan fingerprint density at radius 1 is 1.00 bits per heavy atom. The smallest absolute Gasteiger partial charge is 0.349 e. The lowest BCUT2D eigenvalue weighted by Gasteiger charge is -2.34. The third kappa shape index (κ3) is 3.78. The first kappa shape index (κ1) is 19.0. The van der Waals surface area contributed by atoms with Gasteiger partial charge in [-0.2, -0.15) is 0 Å². The maximum atomic E-state index is 12.8. The van der Waals surface area contributed by atoms with Crippen LogP contribution < -0.4 is 5.63 Å². The summed E-state index contributed by atoms with van der Waals surface area (Å²) in [6.07, 6.45) is 0. The predicted octanol–water partition coefficient (Wildman–Crippen LogP) is 4.06. The largest absolute Gasteiger partial charge is 0.422 e. The predicted molar refractivity (Wildman–Crippen MR) is 110 cm³/mol. The van der Waals surface area contributed by atoms with E-state index in [1.165, 1.54) is 0 Å². The van der Waals surface area contributed by atoms with Crippen LogP contribution in [0.1, 0.15) is 15.9 Å². The molecule has 0 unspecified atom stereocenters. The number of rotatable bonds is 3. The van der Waals surface area contributed by atoms with Gasteiger partial charge in [0.2, 0.25) is 0 Å². The van der Waals surface area contributed by atoms with E-state index in [-0.39, 0.29) is 11.5 Å². The lowest BCUT2D eigenvalue weighted by Crippen LogP contribution is -2.49. The number of carbonyl (C=O) groups excluding carboxylic acids is 1. The maximum Gasteiger partial charge on any atom is 0.349 e. The number of amides is 1. The molecule has 0 aliphatic carbocycles. The molecule has 1 saturated heterocycles. The van der Waals surface area contributed by atoms with E-state index in [1.54, 1.807) is 29.2 Å². The second-order valence-corrected chi connectivity index (χ2v) is 7.55. The van der Waals surface area contributed by atoms with Gasteiger partial charge >= 0.3 is 5.63 Å². The van der Waals surface area contributed by atoms with Gasteiger partial charge in [-0.1, -0.05) is 53.5 Å². The summed E-state index contributed by atoms with van der Waals surface area (Å²) in [6.45, 7) is 3.10. The zero-order valence-corrected chi connectivity index (χ0v) is 16.5. The molecule has 1 aromatic heterocycles. The van der Waals surface area contributed by atoms with E-state index >= 15 is 0 Å². The van der Waals surface area contributed by atoms with Gasteiger partial charge in [-0.25, -0.2) is 4.79 Å². The number of hydrogen-bond acceptors (Lipinski definition) is 4. The molecule has 1 aliphatic heterocycles. The van der Waals surface area contributed by atoms with Crippen molar-refractivity contribution in [3.05, 3.63) is 80.1 Å². The van der Waals surface area contributed by atoms with Crippen LogP contribution in [0.3, 0.4) is 0 Å². The van der Waals surface area contributed by atoms with E-state index in [0.29, 0.717) is 48.4 Å². The normalized spacial score (nSPS) is 15.1.